The molecule has 0 atom stereocenters. The van der Waals surface area contributed by atoms with Gasteiger partial charge in [-0.3, -0.25) is 20.2 Å². The summed E-state index contributed by atoms with van der Waals surface area (Å²) in [4.78, 5) is 23.2. The van der Waals surface area contributed by atoms with E-state index in [0.29, 0.717) is 0 Å². The van der Waals surface area contributed by atoms with Crippen molar-refractivity contribution in [1.29, 1.82) is 0 Å². The van der Waals surface area contributed by atoms with E-state index in [1.807, 2.05) is 19.1 Å². The monoisotopic (exact) mass is 409 g/mol. The van der Waals surface area contributed by atoms with Gasteiger partial charge in [-0.05, 0) is 49.6 Å². The summed E-state index contributed by atoms with van der Waals surface area (Å²) in [5.41, 5.74) is 2.38. The van der Waals surface area contributed by atoms with Crippen LogP contribution in [0.2, 0.25) is 0 Å². The molecule has 2 aromatic rings. The summed E-state index contributed by atoms with van der Waals surface area (Å²) in [5, 5.41) is 22.1. The first kappa shape index (κ1) is 22.9. The van der Waals surface area contributed by atoms with Gasteiger partial charge in [0.15, 0.2) is 0 Å². The molecule has 0 aliphatic rings. The molecule has 0 aliphatic carbocycles. The number of unbranched alkanes of at least 4 members (excludes halogenated alkanes) is 2. The Labute approximate surface area is 177 Å². The molecule has 0 spiro atoms. The van der Waals surface area contributed by atoms with E-state index in [-0.39, 0.29) is 16.9 Å². The lowest BCUT2D eigenvalue weighted by atomic mass is 10.1. The molecule has 0 radical (unpaired) electrons. The van der Waals surface area contributed by atoms with Gasteiger partial charge in [0.05, 0.1) is 15.9 Å². The summed E-state index contributed by atoms with van der Waals surface area (Å²) in [6, 6.07) is 9.56. The number of nitro groups is 2. The van der Waals surface area contributed by atoms with Gasteiger partial charge in [-0.1, -0.05) is 38.5 Å². The van der Waals surface area contributed by atoms with Crippen LogP contribution < -0.4 is 4.90 Å². The summed E-state index contributed by atoms with van der Waals surface area (Å²) in [5.74, 6) is 5.79. The second-order valence-corrected chi connectivity index (χ2v) is 7.16. The highest BCUT2D eigenvalue weighted by atomic mass is 16.6. The summed E-state index contributed by atoms with van der Waals surface area (Å²) in [6.45, 7) is 8.35. The number of benzene rings is 2. The van der Waals surface area contributed by atoms with Gasteiger partial charge < -0.3 is 4.90 Å². The van der Waals surface area contributed by atoms with E-state index < -0.39 is 9.85 Å². The molecule has 0 aromatic heterocycles. The zero-order valence-electron chi connectivity index (χ0n) is 17.7. The van der Waals surface area contributed by atoms with Crippen LogP contribution in [0, 0.1) is 39.0 Å². The van der Waals surface area contributed by atoms with Crippen LogP contribution in [0.3, 0.4) is 0 Å². The maximum Gasteiger partial charge on any atom is 0.291 e. The molecule has 2 aromatic carbocycles. The van der Waals surface area contributed by atoms with Gasteiger partial charge in [0.2, 0.25) is 0 Å². The molecule has 7 nitrogen and oxygen atoms in total. The van der Waals surface area contributed by atoms with Crippen molar-refractivity contribution in [3.05, 3.63) is 73.3 Å². The molecule has 30 heavy (non-hydrogen) atoms. The first-order chi connectivity index (χ1) is 14.4. The molecule has 0 fully saturated rings. The zero-order chi connectivity index (χ0) is 22.1. The van der Waals surface area contributed by atoms with Gasteiger partial charge in [-0.25, -0.2) is 0 Å². The molecule has 2 rings (SSSR count). The van der Waals surface area contributed by atoms with Crippen molar-refractivity contribution < 1.29 is 9.85 Å². The highest BCUT2D eigenvalue weighted by molar-refractivity contribution is 5.60. The normalized spacial score (nSPS) is 10.2. The van der Waals surface area contributed by atoms with E-state index in [1.54, 1.807) is 0 Å². The average Bonchev–Trinajstić information content (AvgIpc) is 2.72. The Balaban J connectivity index is 2.32. The predicted octanol–water partition coefficient (Wildman–Crippen LogP) is 5.62. The third-order valence-corrected chi connectivity index (χ3v) is 4.86. The number of nitro benzene ring substituents is 2. The zero-order valence-corrected chi connectivity index (χ0v) is 17.7. The van der Waals surface area contributed by atoms with Crippen LogP contribution >= 0.6 is 0 Å². The van der Waals surface area contributed by atoms with Crippen molar-refractivity contribution in [3.8, 4) is 11.8 Å². The van der Waals surface area contributed by atoms with Crippen molar-refractivity contribution in [2.45, 2.75) is 46.5 Å². The van der Waals surface area contributed by atoms with E-state index >= 15 is 0 Å². The molecular formula is C23H27N3O4. The Kier molecular flexibility index (Phi) is 8.36. The van der Waals surface area contributed by atoms with Gasteiger partial charge in [-0.2, -0.15) is 0 Å². The summed E-state index contributed by atoms with van der Waals surface area (Å²) in [6.07, 6.45) is 4.54. The van der Waals surface area contributed by atoms with Crippen LogP contribution in [0.5, 0.6) is 0 Å². The highest BCUT2D eigenvalue weighted by Gasteiger charge is 2.18. The number of hydrogen-bond donors (Lipinski definition) is 0. The Morgan fingerprint density at radius 1 is 0.867 bits per heavy atom. The lowest BCUT2D eigenvalue weighted by Crippen LogP contribution is -2.25. The standard InChI is InChI=1S/C23H27N3O4/c1-4-6-14-24(15-7-5-2)21-12-10-19(18(3)16-21)8-9-20-11-13-22(25(27)28)17-23(20)26(29)30/h10-13,16-17H,4-7,14-15H2,1-3H3. The Bertz CT molecular complexity index is 968. The summed E-state index contributed by atoms with van der Waals surface area (Å²) in [7, 11) is 0. The molecule has 0 bridgehead atoms. The van der Waals surface area contributed by atoms with Crippen LogP contribution in [0.25, 0.3) is 0 Å². The quantitative estimate of drug-likeness (QED) is 0.305. The van der Waals surface area contributed by atoms with Crippen LogP contribution in [0.1, 0.15) is 56.2 Å². The first-order valence-corrected chi connectivity index (χ1v) is 10.2. The summed E-state index contributed by atoms with van der Waals surface area (Å²) < 4.78 is 0. The van der Waals surface area contributed by atoms with E-state index in [1.165, 1.54) is 12.1 Å². The largest absolute Gasteiger partial charge is 0.372 e. The molecule has 0 aliphatic heterocycles. The van der Waals surface area contributed by atoms with Gasteiger partial charge in [0, 0.05) is 30.4 Å². The minimum Gasteiger partial charge on any atom is -0.372 e. The molecule has 0 unspecified atom stereocenters. The fourth-order valence-corrected chi connectivity index (χ4v) is 3.08. The minimum atomic E-state index is -0.657. The van der Waals surface area contributed by atoms with Crippen LogP contribution in [0.15, 0.2) is 36.4 Å². The third kappa shape index (κ3) is 6.05. The van der Waals surface area contributed by atoms with Crippen molar-refractivity contribution >= 4 is 17.1 Å². The first-order valence-electron chi connectivity index (χ1n) is 10.2. The molecule has 0 saturated carbocycles. The topological polar surface area (TPSA) is 89.5 Å². The maximum atomic E-state index is 11.3. The van der Waals surface area contributed by atoms with Crippen molar-refractivity contribution in [2.24, 2.45) is 0 Å². The third-order valence-electron chi connectivity index (χ3n) is 4.86. The fraction of sp³-hybridized carbons (Fsp3) is 0.391. The number of hydrogen-bond acceptors (Lipinski definition) is 5. The molecule has 0 N–H and O–H groups in total. The number of aryl methyl sites for hydroxylation is 1. The molecule has 158 valence electrons. The van der Waals surface area contributed by atoms with Crippen LogP contribution in [-0.2, 0) is 0 Å². The number of nitrogens with zero attached hydrogens (tertiary/aromatic N) is 3. The van der Waals surface area contributed by atoms with E-state index in [9.17, 15) is 20.2 Å². The second-order valence-electron chi connectivity index (χ2n) is 7.16. The minimum absolute atomic E-state index is 0.154. The van der Waals surface area contributed by atoms with Gasteiger partial charge in [-0.15, -0.1) is 0 Å². The lowest BCUT2D eigenvalue weighted by molar-refractivity contribution is -0.394. The van der Waals surface area contributed by atoms with Crippen LogP contribution in [-0.4, -0.2) is 22.9 Å². The fourth-order valence-electron chi connectivity index (χ4n) is 3.08. The SMILES string of the molecule is CCCCN(CCCC)c1ccc(C#Cc2ccc([N+](=O)[O-])cc2[N+](=O)[O-])c(C)c1. The molecule has 0 amide bonds. The van der Waals surface area contributed by atoms with Gasteiger partial charge >= 0.3 is 0 Å². The van der Waals surface area contributed by atoms with Gasteiger partial charge in [0.25, 0.3) is 11.4 Å². The van der Waals surface area contributed by atoms with Crippen LogP contribution in [0.4, 0.5) is 17.1 Å². The number of rotatable bonds is 9. The van der Waals surface area contributed by atoms with E-state index in [2.05, 4.69) is 36.7 Å². The maximum absolute atomic E-state index is 11.3. The molecular weight excluding hydrogens is 382 g/mol. The van der Waals surface area contributed by atoms with Crippen molar-refractivity contribution in [1.82, 2.24) is 0 Å². The predicted molar refractivity (Wildman–Crippen MR) is 119 cm³/mol. The Morgan fingerprint density at radius 2 is 1.47 bits per heavy atom. The molecule has 0 heterocycles. The lowest BCUT2D eigenvalue weighted by Gasteiger charge is -2.25. The summed E-state index contributed by atoms with van der Waals surface area (Å²) >= 11 is 0. The Hall–Kier alpha value is -3.40. The van der Waals surface area contributed by atoms with E-state index in [0.717, 1.165) is 61.7 Å². The van der Waals surface area contributed by atoms with Crippen molar-refractivity contribution in [2.75, 3.05) is 18.0 Å². The van der Waals surface area contributed by atoms with E-state index in [4.69, 9.17) is 0 Å². The smallest absolute Gasteiger partial charge is 0.291 e. The Morgan fingerprint density at radius 3 is 2.00 bits per heavy atom. The highest BCUT2D eigenvalue weighted by Crippen LogP contribution is 2.24. The molecule has 7 heteroatoms. The molecule has 0 saturated heterocycles. The average molecular weight is 409 g/mol. The second kappa shape index (κ2) is 11.0. The van der Waals surface area contributed by atoms with Crippen molar-refractivity contribution in [3.63, 3.8) is 0 Å². The van der Waals surface area contributed by atoms with Gasteiger partial charge in [0.1, 0.15) is 5.56 Å². The number of anilines is 1. The number of non-ortho nitro benzene ring substituents is 1.